The number of ether oxygens (including phenoxy) is 3. The quantitative estimate of drug-likeness (QED) is 0.456. The summed E-state index contributed by atoms with van der Waals surface area (Å²) in [6.07, 6.45) is 3.48. The lowest BCUT2D eigenvalue weighted by molar-refractivity contribution is 0.0535. The number of carbonyl (C=O) groups is 1. The summed E-state index contributed by atoms with van der Waals surface area (Å²) < 4.78 is 17.0. The molecule has 1 fully saturated rings. The first-order valence-electron chi connectivity index (χ1n) is 10.9. The molecular weight excluding hydrogens is 422 g/mol. The third-order valence-electron chi connectivity index (χ3n) is 6.21. The number of hydrogen-bond acceptors (Lipinski definition) is 6. The summed E-state index contributed by atoms with van der Waals surface area (Å²) in [7, 11) is 0. The zero-order valence-electron chi connectivity index (χ0n) is 17.7. The van der Waals surface area contributed by atoms with Crippen molar-refractivity contribution < 1.29 is 19.0 Å². The standard InChI is InChI=1S/C25H21N3O5/c29-21-6-2-15(12-26-21)18-4-5-20-22(28-24(27-20)14-7-9-31-10-8-14)23(18)33-17-3-1-16-13-32-25(30)19(16)11-17/h1-6,11-12,14H,7-10,13H2,(H,26,29)(H,27,28). The minimum Gasteiger partial charge on any atom is -0.457 e. The Morgan fingerprint density at radius 2 is 1.88 bits per heavy atom. The van der Waals surface area contributed by atoms with Crippen LogP contribution < -0.4 is 10.3 Å². The average molecular weight is 443 g/mol. The lowest BCUT2D eigenvalue weighted by atomic mass is 10.00. The van der Waals surface area contributed by atoms with Gasteiger partial charge >= 0.3 is 5.97 Å². The Kier molecular flexibility index (Phi) is 4.73. The summed E-state index contributed by atoms with van der Waals surface area (Å²) in [6, 6.07) is 12.5. The zero-order valence-corrected chi connectivity index (χ0v) is 17.7. The summed E-state index contributed by atoms with van der Waals surface area (Å²) >= 11 is 0. The molecular formula is C25H21N3O5. The van der Waals surface area contributed by atoms with E-state index in [2.05, 4.69) is 9.97 Å². The van der Waals surface area contributed by atoms with Gasteiger partial charge in [-0.15, -0.1) is 0 Å². The van der Waals surface area contributed by atoms with E-state index in [4.69, 9.17) is 19.2 Å². The summed E-state index contributed by atoms with van der Waals surface area (Å²) in [4.78, 5) is 34.7. The lowest BCUT2D eigenvalue weighted by Crippen LogP contribution is -2.15. The van der Waals surface area contributed by atoms with Crippen LogP contribution in [0.15, 0.2) is 53.5 Å². The van der Waals surface area contributed by atoms with E-state index in [-0.39, 0.29) is 18.1 Å². The molecule has 2 aliphatic rings. The third kappa shape index (κ3) is 3.58. The average Bonchev–Trinajstić information content (AvgIpc) is 3.45. The van der Waals surface area contributed by atoms with Gasteiger partial charge < -0.3 is 24.2 Å². The van der Waals surface area contributed by atoms with E-state index in [1.165, 1.54) is 6.07 Å². The minimum atomic E-state index is -0.351. The summed E-state index contributed by atoms with van der Waals surface area (Å²) in [6.45, 7) is 1.72. The predicted octanol–water partition coefficient (Wildman–Crippen LogP) is 4.27. The van der Waals surface area contributed by atoms with Crippen molar-refractivity contribution in [1.29, 1.82) is 0 Å². The maximum atomic E-state index is 12.0. The number of cyclic esters (lactones) is 1. The van der Waals surface area contributed by atoms with E-state index in [1.807, 2.05) is 24.3 Å². The summed E-state index contributed by atoms with van der Waals surface area (Å²) in [5, 5.41) is 0. The van der Waals surface area contributed by atoms with E-state index in [1.54, 1.807) is 18.3 Å². The molecule has 4 heterocycles. The van der Waals surface area contributed by atoms with Gasteiger partial charge in [0.15, 0.2) is 5.75 Å². The Labute approximate surface area is 188 Å². The van der Waals surface area contributed by atoms with Crippen LogP contribution in [-0.2, 0) is 16.1 Å². The molecule has 2 aromatic heterocycles. The van der Waals surface area contributed by atoms with Gasteiger partial charge in [-0.05, 0) is 43.2 Å². The molecule has 4 aromatic rings. The number of benzene rings is 2. The first-order chi connectivity index (χ1) is 16.2. The van der Waals surface area contributed by atoms with Crippen LogP contribution in [-0.4, -0.2) is 34.1 Å². The molecule has 8 nitrogen and oxygen atoms in total. The van der Waals surface area contributed by atoms with Gasteiger partial charge in [0.2, 0.25) is 5.56 Å². The fourth-order valence-electron chi connectivity index (χ4n) is 4.42. The molecule has 1 saturated heterocycles. The topological polar surface area (TPSA) is 106 Å². The largest absolute Gasteiger partial charge is 0.457 e. The molecule has 0 spiro atoms. The molecule has 0 amide bonds. The molecule has 33 heavy (non-hydrogen) atoms. The monoisotopic (exact) mass is 443 g/mol. The number of aromatic amines is 2. The van der Waals surface area contributed by atoms with Gasteiger partial charge in [-0.2, -0.15) is 0 Å². The molecule has 2 aliphatic heterocycles. The number of rotatable bonds is 4. The maximum Gasteiger partial charge on any atom is 0.339 e. The van der Waals surface area contributed by atoms with Gasteiger partial charge in [-0.3, -0.25) is 4.79 Å². The normalized spacial score (nSPS) is 16.1. The Hall–Kier alpha value is -3.91. The maximum absolute atomic E-state index is 12.0. The lowest BCUT2D eigenvalue weighted by Gasteiger charge is -2.19. The molecule has 0 atom stereocenters. The number of aromatic nitrogens is 3. The molecule has 2 aromatic carbocycles. The highest BCUT2D eigenvalue weighted by Crippen LogP contribution is 2.40. The van der Waals surface area contributed by atoms with Gasteiger partial charge in [0.05, 0.1) is 11.1 Å². The number of H-pyrrole nitrogens is 2. The van der Waals surface area contributed by atoms with Gasteiger partial charge in [-0.25, -0.2) is 9.78 Å². The third-order valence-corrected chi connectivity index (χ3v) is 6.21. The van der Waals surface area contributed by atoms with Crippen molar-refractivity contribution in [1.82, 2.24) is 15.0 Å². The van der Waals surface area contributed by atoms with E-state index in [9.17, 15) is 9.59 Å². The smallest absolute Gasteiger partial charge is 0.339 e. The molecule has 0 radical (unpaired) electrons. The Bertz CT molecular complexity index is 1410. The van der Waals surface area contributed by atoms with E-state index in [0.29, 0.717) is 28.5 Å². The first kappa shape index (κ1) is 19.8. The van der Waals surface area contributed by atoms with Crippen LogP contribution in [0.4, 0.5) is 0 Å². The second kappa shape index (κ2) is 7.90. The molecule has 0 saturated carbocycles. The van der Waals surface area contributed by atoms with Crippen LogP contribution in [0.5, 0.6) is 11.5 Å². The molecule has 8 heteroatoms. The number of pyridine rings is 1. The van der Waals surface area contributed by atoms with Crippen LogP contribution in [0, 0.1) is 0 Å². The predicted molar refractivity (Wildman–Crippen MR) is 121 cm³/mol. The number of nitrogens with one attached hydrogen (secondary N) is 2. The summed E-state index contributed by atoms with van der Waals surface area (Å²) in [5.74, 6) is 1.93. The SMILES string of the molecule is O=C1OCc2ccc(Oc3c(-c4ccc(=O)[nH]c4)ccc4[nH]c(C5CCOCC5)nc34)cc21. The Balaban J connectivity index is 1.48. The Morgan fingerprint density at radius 1 is 1.00 bits per heavy atom. The first-order valence-corrected chi connectivity index (χ1v) is 10.9. The molecule has 0 bridgehead atoms. The number of imidazole rings is 1. The highest BCUT2D eigenvalue weighted by Gasteiger charge is 2.24. The number of hydrogen-bond donors (Lipinski definition) is 2. The van der Waals surface area contributed by atoms with Crippen molar-refractivity contribution in [2.24, 2.45) is 0 Å². The fourth-order valence-corrected chi connectivity index (χ4v) is 4.42. The molecule has 166 valence electrons. The number of carbonyl (C=O) groups excluding carboxylic acids is 1. The summed E-state index contributed by atoms with van der Waals surface area (Å²) in [5.41, 5.74) is 4.31. The van der Waals surface area contributed by atoms with E-state index in [0.717, 1.165) is 54.1 Å². The van der Waals surface area contributed by atoms with E-state index >= 15 is 0 Å². The Morgan fingerprint density at radius 3 is 2.70 bits per heavy atom. The molecule has 0 aliphatic carbocycles. The number of nitrogens with zero attached hydrogens (tertiary/aromatic N) is 1. The number of fused-ring (bicyclic) bond motifs is 2. The fraction of sp³-hybridized carbons (Fsp3) is 0.240. The van der Waals surface area contributed by atoms with Gasteiger partial charge in [-0.1, -0.05) is 6.07 Å². The zero-order chi connectivity index (χ0) is 22.4. The minimum absolute atomic E-state index is 0.180. The van der Waals surface area contributed by atoms with E-state index < -0.39 is 0 Å². The van der Waals surface area contributed by atoms with Crippen LogP contribution in [0.3, 0.4) is 0 Å². The molecule has 2 N–H and O–H groups in total. The van der Waals surface area contributed by atoms with Crippen molar-refractivity contribution in [3.63, 3.8) is 0 Å². The molecule has 0 unspecified atom stereocenters. The van der Waals surface area contributed by atoms with Crippen LogP contribution >= 0.6 is 0 Å². The van der Waals surface area contributed by atoms with Crippen molar-refractivity contribution in [3.8, 4) is 22.6 Å². The van der Waals surface area contributed by atoms with Gasteiger partial charge in [0.1, 0.15) is 23.7 Å². The highest BCUT2D eigenvalue weighted by atomic mass is 16.5. The van der Waals surface area contributed by atoms with Crippen molar-refractivity contribution in [2.75, 3.05) is 13.2 Å². The van der Waals surface area contributed by atoms with Crippen molar-refractivity contribution in [2.45, 2.75) is 25.4 Å². The highest BCUT2D eigenvalue weighted by molar-refractivity contribution is 5.94. The van der Waals surface area contributed by atoms with Crippen molar-refractivity contribution in [3.05, 3.63) is 76.0 Å². The second-order valence-corrected chi connectivity index (χ2v) is 8.29. The van der Waals surface area contributed by atoms with Crippen molar-refractivity contribution >= 4 is 17.0 Å². The second-order valence-electron chi connectivity index (χ2n) is 8.29. The molecule has 6 rings (SSSR count). The van der Waals surface area contributed by atoms with Crippen LogP contribution in [0.1, 0.15) is 40.5 Å². The van der Waals surface area contributed by atoms with Crippen LogP contribution in [0.2, 0.25) is 0 Å². The van der Waals surface area contributed by atoms with Gasteiger partial charge in [0.25, 0.3) is 0 Å². The van der Waals surface area contributed by atoms with Gasteiger partial charge in [0, 0.05) is 48.1 Å². The number of esters is 1. The van der Waals surface area contributed by atoms with Crippen LogP contribution in [0.25, 0.3) is 22.2 Å².